The number of fused-ring (bicyclic) bond motifs is 1. The molecule has 3 aromatic rings. The smallest absolute Gasteiger partial charge is 0.358 e. The molecule has 0 atom stereocenters. The number of likely N-dealkylation sites (N-methyl/N-ethyl adjacent to an activating group) is 1. The SMILES string of the molecule is C[N+](C)(C/C=C/C(=O)Cc1cc2c(Nc3ccc(Cl)c(Cl)c3)ncnc2cn1)CC1=C([N+](=O)[O-])N=C(C(F)(F)F)C1. The number of benzene rings is 1. The fourth-order valence-corrected chi connectivity index (χ4v) is 4.48. The van der Waals surface area contributed by atoms with Crippen LogP contribution in [0.2, 0.25) is 10.0 Å². The van der Waals surface area contributed by atoms with Crippen molar-refractivity contribution in [1.29, 1.82) is 0 Å². The first-order valence-electron chi connectivity index (χ1n) is 12.1. The standard InChI is InChI=1S/C26H23Cl2F3N7O3/c1-38(2,13-15-8-23(26(29,30)31)36-25(15)37(40)41)7-3-4-18(39)9-17-10-19-22(12-32-17)33-14-34-24(19)35-16-5-6-20(27)21(28)11-16/h3-6,10-12,14H,7-9,13H2,1-2H3,(H,33,34,35)/q+1/b4-3+. The largest absolute Gasteiger partial charge is 0.454 e. The molecular weight excluding hydrogens is 586 g/mol. The molecule has 3 heterocycles. The maximum absolute atomic E-state index is 13.0. The van der Waals surface area contributed by atoms with Crippen molar-refractivity contribution in [2.45, 2.75) is 19.0 Å². The monoisotopic (exact) mass is 608 g/mol. The molecule has 41 heavy (non-hydrogen) atoms. The number of aromatic nitrogens is 3. The summed E-state index contributed by atoms with van der Waals surface area (Å²) < 4.78 is 39.2. The molecule has 1 N–H and O–H groups in total. The number of allylic oxidation sites excluding steroid dienone is 1. The second-order valence-electron chi connectivity index (χ2n) is 9.91. The van der Waals surface area contributed by atoms with E-state index < -0.39 is 29.1 Å². The highest BCUT2D eigenvalue weighted by molar-refractivity contribution is 6.42. The average Bonchev–Trinajstić information content (AvgIpc) is 3.30. The second kappa shape index (κ2) is 11.9. The number of alkyl halides is 3. The van der Waals surface area contributed by atoms with Crippen molar-refractivity contribution < 1.29 is 27.4 Å². The van der Waals surface area contributed by atoms with Gasteiger partial charge in [0.15, 0.2) is 5.78 Å². The molecule has 0 bridgehead atoms. The number of carbonyl (C=O) groups excluding carboxylic acids is 1. The van der Waals surface area contributed by atoms with Gasteiger partial charge < -0.3 is 19.9 Å². The summed E-state index contributed by atoms with van der Waals surface area (Å²) in [6.07, 6.45) is 0.445. The Kier molecular flexibility index (Phi) is 8.71. The lowest BCUT2D eigenvalue weighted by Crippen LogP contribution is -2.41. The number of ketones is 1. The third-order valence-corrected chi connectivity index (χ3v) is 6.82. The maximum Gasteiger partial charge on any atom is 0.454 e. The fraction of sp³-hybridized carbons (Fsp3) is 0.269. The van der Waals surface area contributed by atoms with Crippen LogP contribution < -0.4 is 5.32 Å². The number of rotatable bonds is 10. The Labute approximate surface area is 242 Å². The molecule has 10 nitrogen and oxygen atoms in total. The molecule has 4 rings (SSSR count). The summed E-state index contributed by atoms with van der Waals surface area (Å²) in [7, 11) is 3.39. The molecule has 1 aliphatic rings. The van der Waals surface area contributed by atoms with Gasteiger partial charge >= 0.3 is 12.0 Å². The summed E-state index contributed by atoms with van der Waals surface area (Å²) >= 11 is 12.1. The highest BCUT2D eigenvalue weighted by Crippen LogP contribution is 2.31. The Morgan fingerprint density at radius 1 is 1.17 bits per heavy atom. The number of nitrogens with one attached hydrogen (secondary N) is 1. The molecule has 0 unspecified atom stereocenters. The van der Waals surface area contributed by atoms with Gasteiger partial charge in [-0.3, -0.25) is 9.78 Å². The lowest BCUT2D eigenvalue weighted by atomic mass is 10.1. The van der Waals surface area contributed by atoms with Gasteiger partial charge in [0.2, 0.25) is 5.71 Å². The molecule has 2 aromatic heterocycles. The minimum Gasteiger partial charge on any atom is -0.358 e. The van der Waals surface area contributed by atoms with E-state index in [0.717, 1.165) is 0 Å². The fourth-order valence-electron chi connectivity index (χ4n) is 4.19. The third-order valence-electron chi connectivity index (χ3n) is 6.08. The zero-order valence-electron chi connectivity index (χ0n) is 21.7. The highest BCUT2D eigenvalue weighted by Gasteiger charge is 2.47. The van der Waals surface area contributed by atoms with Crippen LogP contribution in [0, 0.1) is 10.1 Å². The van der Waals surface area contributed by atoms with Crippen molar-refractivity contribution in [3.63, 3.8) is 0 Å². The molecule has 0 saturated carbocycles. The lowest BCUT2D eigenvalue weighted by Gasteiger charge is -2.28. The summed E-state index contributed by atoms with van der Waals surface area (Å²) in [5.74, 6) is -0.559. The number of nitro groups is 1. The molecule has 0 radical (unpaired) electrons. The number of quaternary nitrogens is 1. The normalized spacial score (nSPS) is 14.2. The number of halogens is 5. The number of carbonyl (C=O) groups is 1. The summed E-state index contributed by atoms with van der Waals surface area (Å²) in [6, 6.07) is 6.73. The Balaban J connectivity index is 1.41. The van der Waals surface area contributed by atoms with Crippen LogP contribution in [0.3, 0.4) is 0 Å². The van der Waals surface area contributed by atoms with Gasteiger partial charge in [0.25, 0.3) is 0 Å². The lowest BCUT2D eigenvalue weighted by molar-refractivity contribution is -0.880. The summed E-state index contributed by atoms with van der Waals surface area (Å²) in [6.45, 7) is 0.192. The van der Waals surface area contributed by atoms with Crippen molar-refractivity contribution >= 4 is 57.1 Å². The van der Waals surface area contributed by atoms with E-state index in [1.54, 1.807) is 44.4 Å². The van der Waals surface area contributed by atoms with Crippen molar-refractivity contribution in [2.24, 2.45) is 4.99 Å². The molecule has 0 spiro atoms. The number of hydrogen-bond acceptors (Lipinski definition) is 8. The van der Waals surface area contributed by atoms with Gasteiger partial charge in [-0.15, -0.1) is 0 Å². The maximum atomic E-state index is 13.0. The van der Waals surface area contributed by atoms with Crippen LogP contribution in [0.4, 0.5) is 24.7 Å². The molecular formula is C26H23Cl2F3N7O3+. The zero-order chi connectivity index (χ0) is 29.9. The van der Waals surface area contributed by atoms with Gasteiger partial charge in [-0.2, -0.15) is 13.2 Å². The highest BCUT2D eigenvalue weighted by atomic mass is 35.5. The molecule has 1 aliphatic heterocycles. The van der Waals surface area contributed by atoms with Crippen molar-refractivity contribution in [1.82, 2.24) is 15.0 Å². The quantitative estimate of drug-likeness (QED) is 0.135. The molecule has 1 aromatic carbocycles. The number of anilines is 2. The number of pyridine rings is 1. The number of nitrogens with zero attached hydrogens (tertiary/aromatic N) is 6. The van der Waals surface area contributed by atoms with Crippen LogP contribution >= 0.6 is 23.2 Å². The zero-order valence-corrected chi connectivity index (χ0v) is 23.3. The predicted octanol–water partition coefficient (Wildman–Crippen LogP) is 5.71. The van der Waals surface area contributed by atoms with Crippen molar-refractivity contribution in [3.05, 3.63) is 86.2 Å². The Morgan fingerprint density at radius 2 is 1.93 bits per heavy atom. The summed E-state index contributed by atoms with van der Waals surface area (Å²) in [4.78, 5) is 39.0. The van der Waals surface area contributed by atoms with Gasteiger partial charge in [0.1, 0.15) is 18.7 Å². The Morgan fingerprint density at radius 3 is 2.61 bits per heavy atom. The summed E-state index contributed by atoms with van der Waals surface area (Å²) in [5, 5.41) is 15.8. The van der Waals surface area contributed by atoms with Crippen LogP contribution in [-0.2, 0) is 11.2 Å². The molecule has 15 heteroatoms. The Hall–Kier alpha value is -3.94. The predicted molar refractivity (Wildman–Crippen MR) is 149 cm³/mol. The van der Waals surface area contributed by atoms with Crippen LogP contribution in [0.15, 0.2) is 65.3 Å². The topological polar surface area (TPSA) is 123 Å². The number of hydrogen-bond donors (Lipinski definition) is 1. The first-order chi connectivity index (χ1) is 19.2. The Bertz CT molecular complexity index is 1620. The summed E-state index contributed by atoms with van der Waals surface area (Å²) in [5.41, 5.74) is 0.476. The van der Waals surface area contributed by atoms with E-state index in [4.69, 9.17) is 23.2 Å². The van der Waals surface area contributed by atoms with E-state index in [0.29, 0.717) is 38.1 Å². The molecule has 0 amide bonds. The van der Waals surface area contributed by atoms with E-state index >= 15 is 0 Å². The minimum atomic E-state index is -4.74. The minimum absolute atomic E-state index is 0.0140. The average molecular weight is 609 g/mol. The van der Waals surface area contributed by atoms with Crippen molar-refractivity contribution in [2.75, 3.05) is 32.5 Å². The molecule has 0 fully saturated rings. The number of aliphatic imine (C=N–C) groups is 1. The van der Waals surface area contributed by atoms with E-state index in [1.165, 1.54) is 18.6 Å². The van der Waals surface area contributed by atoms with Gasteiger partial charge in [-0.1, -0.05) is 23.2 Å². The van der Waals surface area contributed by atoms with Gasteiger partial charge in [-0.25, -0.2) is 9.97 Å². The molecule has 0 saturated heterocycles. The van der Waals surface area contributed by atoms with Crippen molar-refractivity contribution in [3.8, 4) is 0 Å². The second-order valence-corrected chi connectivity index (χ2v) is 10.7. The van der Waals surface area contributed by atoms with Gasteiger partial charge in [-0.05, 0) is 46.3 Å². The van der Waals surface area contributed by atoms with E-state index in [9.17, 15) is 28.1 Å². The van der Waals surface area contributed by atoms with Gasteiger partial charge in [0.05, 0.1) is 60.8 Å². The molecule has 0 aliphatic carbocycles. The first kappa shape index (κ1) is 30.0. The first-order valence-corrected chi connectivity index (χ1v) is 12.8. The van der Waals surface area contributed by atoms with Crippen LogP contribution in [-0.4, -0.2) is 69.2 Å². The van der Waals surface area contributed by atoms with E-state index in [2.05, 4.69) is 25.3 Å². The van der Waals surface area contributed by atoms with Crippen LogP contribution in [0.1, 0.15) is 12.1 Å². The van der Waals surface area contributed by atoms with Gasteiger partial charge in [0, 0.05) is 16.8 Å². The van der Waals surface area contributed by atoms with Crippen LogP contribution in [0.5, 0.6) is 0 Å². The third kappa shape index (κ3) is 7.63. The van der Waals surface area contributed by atoms with E-state index in [1.807, 2.05) is 0 Å². The van der Waals surface area contributed by atoms with E-state index in [-0.39, 0.29) is 35.3 Å². The van der Waals surface area contributed by atoms with Crippen LogP contribution in [0.25, 0.3) is 10.9 Å². The molecule has 214 valence electrons.